The first-order valence-electron chi connectivity index (χ1n) is 8.34. The molecule has 0 saturated heterocycles. The number of anilines is 2. The molecule has 0 amide bonds. The second kappa shape index (κ2) is 8.47. The zero-order valence-corrected chi connectivity index (χ0v) is 15.0. The zero-order valence-electron chi connectivity index (χ0n) is 15.0. The van der Waals surface area contributed by atoms with E-state index in [2.05, 4.69) is 24.8 Å². The van der Waals surface area contributed by atoms with Crippen molar-refractivity contribution in [2.75, 3.05) is 5.32 Å². The lowest BCUT2D eigenvalue weighted by molar-refractivity contribution is -0.275. The highest BCUT2D eigenvalue weighted by Gasteiger charge is 2.32. The molecule has 0 bridgehead atoms. The van der Waals surface area contributed by atoms with E-state index in [1.54, 1.807) is 0 Å². The highest BCUT2D eigenvalue weighted by molar-refractivity contribution is 5.66. The number of rotatable bonds is 6. The number of benzene rings is 2. The van der Waals surface area contributed by atoms with Crippen molar-refractivity contribution in [3.8, 4) is 11.5 Å². The van der Waals surface area contributed by atoms with E-state index in [-0.39, 0.29) is 12.1 Å². The van der Waals surface area contributed by atoms with Crippen LogP contribution >= 0.6 is 0 Å². The van der Waals surface area contributed by atoms with Crippen molar-refractivity contribution in [3.63, 3.8) is 0 Å². The lowest BCUT2D eigenvalue weighted by Crippen LogP contribution is -2.17. The van der Waals surface area contributed by atoms with Gasteiger partial charge in [0.25, 0.3) is 0 Å². The predicted molar refractivity (Wildman–Crippen MR) is 94.4 cm³/mol. The van der Waals surface area contributed by atoms with Crippen LogP contribution < -0.4 is 14.8 Å². The molecular weight excluding hydrogens is 416 g/mol. The van der Waals surface area contributed by atoms with Gasteiger partial charge in [0.05, 0.1) is 5.69 Å². The molecule has 0 saturated carbocycles. The molecule has 0 aliphatic rings. The summed E-state index contributed by atoms with van der Waals surface area (Å²) in [6.45, 7) is 0. The molecule has 5 nitrogen and oxygen atoms in total. The van der Waals surface area contributed by atoms with Gasteiger partial charge in [-0.2, -0.15) is 0 Å². The first-order chi connectivity index (χ1) is 14.1. The molecular formula is C19H13F6N3O2. The molecule has 158 valence electrons. The van der Waals surface area contributed by atoms with Crippen LogP contribution in [-0.2, 0) is 6.42 Å². The topological polar surface area (TPSA) is 56.3 Å². The third kappa shape index (κ3) is 6.54. The van der Waals surface area contributed by atoms with Gasteiger partial charge in [0.2, 0.25) is 0 Å². The van der Waals surface area contributed by atoms with Crippen molar-refractivity contribution in [1.82, 2.24) is 9.97 Å². The Bertz CT molecular complexity index is 994. The summed E-state index contributed by atoms with van der Waals surface area (Å²) >= 11 is 0. The minimum atomic E-state index is -4.87. The summed E-state index contributed by atoms with van der Waals surface area (Å²) in [4.78, 5) is 7.99. The largest absolute Gasteiger partial charge is 0.573 e. The summed E-state index contributed by atoms with van der Waals surface area (Å²) < 4.78 is 82.8. The fraction of sp³-hybridized carbons (Fsp3) is 0.158. The lowest BCUT2D eigenvalue weighted by Gasteiger charge is -2.16. The predicted octanol–water partition coefficient (Wildman–Crippen LogP) is 5.61. The number of nitrogens with zero attached hydrogens (tertiary/aromatic N) is 2. The normalized spacial score (nSPS) is 11.8. The van der Waals surface area contributed by atoms with Crippen LogP contribution in [0.15, 0.2) is 61.1 Å². The smallest absolute Gasteiger partial charge is 0.406 e. The Morgan fingerprint density at radius 1 is 0.833 bits per heavy atom. The monoisotopic (exact) mass is 429 g/mol. The van der Waals surface area contributed by atoms with E-state index >= 15 is 0 Å². The molecule has 3 aromatic rings. The Kier molecular flexibility index (Phi) is 5.99. The molecule has 1 heterocycles. The second-order valence-electron chi connectivity index (χ2n) is 5.94. The van der Waals surface area contributed by atoms with Crippen molar-refractivity contribution in [1.29, 1.82) is 0 Å². The van der Waals surface area contributed by atoms with Crippen LogP contribution in [0.5, 0.6) is 11.5 Å². The van der Waals surface area contributed by atoms with Crippen LogP contribution in [-0.4, -0.2) is 22.7 Å². The Morgan fingerprint density at radius 2 is 1.53 bits per heavy atom. The van der Waals surface area contributed by atoms with E-state index in [0.717, 1.165) is 18.2 Å². The molecule has 30 heavy (non-hydrogen) atoms. The Balaban J connectivity index is 1.90. The van der Waals surface area contributed by atoms with Gasteiger partial charge in [0.15, 0.2) is 0 Å². The Labute approximate surface area is 166 Å². The van der Waals surface area contributed by atoms with E-state index in [0.29, 0.717) is 16.9 Å². The molecule has 0 aliphatic heterocycles. The maximum absolute atomic E-state index is 12.6. The fourth-order valence-corrected chi connectivity index (χ4v) is 2.58. The van der Waals surface area contributed by atoms with Crippen LogP contribution in [0.1, 0.15) is 11.3 Å². The standard InChI is InChI=1S/C19H13F6N3O2/c20-18(21,22)29-15-3-1-2-13(10-15)28-17-5-4-16(30-19(23,24)25)9-12(17)8-14-11-26-6-7-27-14/h1-7,9-11,28H,8H2. The highest BCUT2D eigenvalue weighted by atomic mass is 19.4. The van der Waals surface area contributed by atoms with Gasteiger partial charge in [-0.15, -0.1) is 26.3 Å². The van der Waals surface area contributed by atoms with Crippen molar-refractivity contribution in [2.24, 2.45) is 0 Å². The maximum atomic E-state index is 12.6. The SMILES string of the molecule is FC(F)(F)Oc1cccc(Nc2ccc(OC(F)(F)F)cc2Cc2cnccn2)c1. The number of hydrogen-bond donors (Lipinski definition) is 1. The number of nitrogens with one attached hydrogen (secondary N) is 1. The molecule has 3 rings (SSSR count). The first kappa shape index (κ1) is 21.2. The summed E-state index contributed by atoms with van der Waals surface area (Å²) in [5.74, 6) is -0.888. The van der Waals surface area contributed by atoms with Gasteiger partial charge in [-0.3, -0.25) is 9.97 Å². The zero-order chi connectivity index (χ0) is 21.8. The summed E-state index contributed by atoms with van der Waals surface area (Å²) in [5.41, 5.74) is 1.42. The first-order valence-corrected chi connectivity index (χ1v) is 8.34. The lowest BCUT2D eigenvalue weighted by atomic mass is 10.1. The van der Waals surface area contributed by atoms with Gasteiger partial charge in [-0.1, -0.05) is 6.07 Å². The second-order valence-corrected chi connectivity index (χ2v) is 5.94. The van der Waals surface area contributed by atoms with Crippen molar-refractivity contribution < 1.29 is 35.8 Å². The van der Waals surface area contributed by atoms with E-state index in [1.807, 2.05) is 0 Å². The van der Waals surface area contributed by atoms with Gasteiger partial charge in [-0.05, 0) is 35.9 Å². The third-order valence-electron chi connectivity index (χ3n) is 3.65. The average Bonchev–Trinajstić information content (AvgIpc) is 2.62. The molecule has 0 aliphatic carbocycles. The molecule has 0 fully saturated rings. The van der Waals surface area contributed by atoms with Crippen molar-refractivity contribution >= 4 is 11.4 Å². The number of halogens is 6. The highest BCUT2D eigenvalue weighted by Crippen LogP contribution is 2.32. The van der Waals surface area contributed by atoms with E-state index in [9.17, 15) is 26.3 Å². The summed E-state index contributed by atoms with van der Waals surface area (Å²) in [6, 6.07) is 8.64. The Hall–Kier alpha value is -3.50. The number of alkyl halides is 6. The minimum absolute atomic E-state index is 0.101. The van der Waals surface area contributed by atoms with Crippen LogP contribution in [0, 0.1) is 0 Å². The van der Waals surface area contributed by atoms with E-state index in [4.69, 9.17) is 0 Å². The average molecular weight is 429 g/mol. The van der Waals surface area contributed by atoms with Gasteiger partial charge in [0.1, 0.15) is 11.5 Å². The summed E-state index contributed by atoms with van der Waals surface area (Å²) in [5, 5.41) is 2.88. The summed E-state index contributed by atoms with van der Waals surface area (Å²) in [6.07, 6.45) is -5.31. The third-order valence-corrected chi connectivity index (χ3v) is 3.65. The maximum Gasteiger partial charge on any atom is 0.573 e. The van der Waals surface area contributed by atoms with Crippen LogP contribution in [0.3, 0.4) is 0 Å². The quantitative estimate of drug-likeness (QED) is 0.517. The molecule has 0 unspecified atom stereocenters. The van der Waals surface area contributed by atoms with E-state index < -0.39 is 24.2 Å². The van der Waals surface area contributed by atoms with Gasteiger partial charge < -0.3 is 14.8 Å². The number of aromatic nitrogens is 2. The van der Waals surface area contributed by atoms with Gasteiger partial charge in [-0.25, -0.2) is 0 Å². The Morgan fingerprint density at radius 3 is 2.17 bits per heavy atom. The molecule has 11 heteroatoms. The molecule has 0 radical (unpaired) electrons. The van der Waals surface area contributed by atoms with Crippen molar-refractivity contribution in [2.45, 2.75) is 19.1 Å². The van der Waals surface area contributed by atoms with Crippen LogP contribution in [0.25, 0.3) is 0 Å². The number of hydrogen-bond acceptors (Lipinski definition) is 5. The van der Waals surface area contributed by atoms with Gasteiger partial charge >= 0.3 is 12.7 Å². The minimum Gasteiger partial charge on any atom is -0.406 e. The van der Waals surface area contributed by atoms with E-state index in [1.165, 1.54) is 42.9 Å². The molecule has 1 aromatic heterocycles. The van der Waals surface area contributed by atoms with Crippen LogP contribution in [0.4, 0.5) is 37.7 Å². The molecule has 2 aromatic carbocycles. The van der Waals surface area contributed by atoms with Crippen LogP contribution in [0.2, 0.25) is 0 Å². The molecule has 0 atom stereocenters. The summed E-state index contributed by atoms with van der Waals surface area (Å²) in [7, 11) is 0. The molecule has 1 N–H and O–H groups in total. The number of ether oxygens (including phenoxy) is 2. The van der Waals surface area contributed by atoms with Gasteiger partial charge in [0, 0.05) is 42.5 Å². The fourth-order valence-electron chi connectivity index (χ4n) is 2.58. The molecule has 0 spiro atoms. The van der Waals surface area contributed by atoms with Crippen molar-refractivity contribution in [3.05, 3.63) is 72.3 Å².